The van der Waals surface area contributed by atoms with Gasteiger partial charge in [0.25, 0.3) is 0 Å². The van der Waals surface area contributed by atoms with Crippen molar-refractivity contribution in [2.75, 3.05) is 6.61 Å². The molecule has 0 spiro atoms. The summed E-state index contributed by atoms with van der Waals surface area (Å²) in [4.78, 5) is 4.73. The Balaban J connectivity index is 0.00000220. The summed E-state index contributed by atoms with van der Waals surface area (Å²) in [5.74, 6) is 0. The Morgan fingerprint density at radius 2 is 1.82 bits per heavy atom. The van der Waals surface area contributed by atoms with Gasteiger partial charge in [0.05, 0.1) is 0 Å². The van der Waals surface area contributed by atoms with Gasteiger partial charge in [-0.15, -0.1) is 24.8 Å². The first-order chi connectivity index (χ1) is 9.15. The molecule has 2 rings (SSSR count). The fraction of sp³-hybridized carbons (Fsp3) is 0.471. The molecular formula is C17H29Cl2NOTi. The van der Waals surface area contributed by atoms with Crippen LogP contribution in [0.3, 0.4) is 0 Å². The molecule has 0 bridgehead atoms. The summed E-state index contributed by atoms with van der Waals surface area (Å²) in [7, 11) is 0. The van der Waals surface area contributed by atoms with Crippen LogP contribution in [0.4, 0.5) is 0 Å². The van der Waals surface area contributed by atoms with Crippen molar-refractivity contribution in [3.8, 4) is 0 Å². The normalized spacial score (nSPS) is 17.5. The van der Waals surface area contributed by atoms with Crippen molar-refractivity contribution < 1.29 is 20.2 Å². The molecule has 0 radical (unpaired) electrons. The van der Waals surface area contributed by atoms with Gasteiger partial charge in [0, 0.05) is 0 Å². The predicted octanol–water partition coefficient (Wildman–Crippen LogP) is 4.48. The second kappa shape index (κ2) is 7.30. The molecule has 0 aliphatic heterocycles. The quantitative estimate of drug-likeness (QED) is 0.753. The summed E-state index contributed by atoms with van der Waals surface area (Å²) >= 11 is -3.32. The third-order valence-corrected chi connectivity index (χ3v) is 12.7. The van der Waals surface area contributed by atoms with Crippen molar-refractivity contribution >= 4 is 35.7 Å². The molecule has 0 aromatic heterocycles. The van der Waals surface area contributed by atoms with Gasteiger partial charge in [-0.05, 0) is 0 Å². The summed E-state index contributed by atoms with van der Waals surface area (Å²) in [6.45, 7) is 6.76. The average Bonchev–Trinajstić information content (AvgIpc) is 2.70. The molecule has 0 amide bonds. The molecule has 1 atom stereocenters. The Labute approximate surface area is 147 Å². The summed E-state index contributed by atoms with van der Waals surface area (Å²) in [5.41, 5.74) is 2.67. The van der Waals surface area contributed by atoms with Crippen LogP contribution < -0.4 is 3.80 Å². The molecule has 1 unspecified atom stereocenters. The molecule has 2 N–H and O–H groups in total. The molecule has 1 aliphatic carbocycles. The van der Waals surface area contributed by atoms with Crippen LogP contribution in [0.2, 0.25) is 9.95 Å². The topological polar surface area (TPSA) is 32.3 Å². The van der Waals surface area contributed by atoms with Crippen LogP contribution in [0.5, 0.6) is 0 Å². The Morgan fingerprint density at radius 1 is 1.23 bits per heavy atom. The number of hydrogen-bond donors (Lipinski definition) is 2. The zero-order chi connectivity index (χ0) is 15.0. The number of fused-ring (bicyclic) bond motifs is 1. The van der Waals surface area contributed by atoms with Crippen LogP contribution in [-0.2, 0) is 15.1 Å². The van der Waals surface area contributed by atoms with E-state index in [-0.39, 0.29) is 37.0 Å². The van der Waals surface area contributed by atoms with E-state index < -0.39 is 15.1 Å². The third kappa shape index (κ3) is 4.53. The number of aliphatic hydroxyl groups excluding tert-OH is 1. The molecule has 0 saturated carbocycles. The van der Waals surface area contributed by atoms with Crippen molar-refractivity contribution in [1.29, 1.82) is 0 Å². The summed E-state index contributed by atoms with van der Waals surface area (Å²) in [5, 5.41) is 11.9. The maximum atomic E-state index is 9.62. The first-order valence-electron chi connectivity index (χ1n) is 7.38. The van der Waals surface area contributed by atoms with Crippen molar-refractivity contribution in [3.63, 3.8) is 0 Å². The molecule has 1 aromatic rings. The fourth-order valence-corrected chi connectivity index (χ4v) is 12.0. The molecule has 22 heavy (non-hydrogen) atoms. The minimum atomic E-state index is -3.32. The predicted molar refractivity (Wildman–Crippen MR) is 100 cm³/mol. The second-order valence-electron chi connectivity index (χ2n) is 7.72. The molecule has 5 heteroatoms. The fourth-order valence-electron chi connectivity index (χ4n) is 3.71. The minimum absolute atomic E-state index is 0. The van der Waals surface area contributed by atoms with E-state index in [0.717, 1.165) is 4.73 Å². The van der Waals surface area contributed by atoms with Crippen LogP contribution in [0.15, 0.2) is 30.3 Å². The summed E-state index contributed by atoms with van der Waals surface area (Å²) in [6.07, 6.45) is 4.50. The van der Waals surface area contributed by atoms with Crippen molar-refractivity contribution in [2.45, 2.75) is 40.5 Å². The number of benzene rings is 1. The first-order valence-corrected chi connectivity index (χ1v) is 12.8. The second-order valence-corrected chi connectivity index (χ2v) is 17.4. The van der Waals surface area contributed by atoms with Crippen LogP contribution in [0.1, 0.15) is 36.1 Å². The number of rotatable bonds is 4. The van der Waals surface area contributed by atoms with E-state index in [0.29, 0.717) is 4.22 Å². The zero-order valence-electron chi connectivity index (χ0n) is 13.9. The molecule has 0 saturated heterocycles. The van der Waals surface area contributed by atoms with Gasteiger partial charge in [0.1, 0.15) is 0 Å². The van der Waals surface area contributed by atoms with Crippen LogP contribution in [-0.4, -0.2) is 22.1 Å². The van der Waals surface area contributed by atoms with Crippen molar-refractivity contribution in [1.82, 2.24) is 3.80 Å². The Bertz CT molecular complexity index is 607. The Kier molecular flexibility index (Phi) is 7.31. The number of halogens is 2. The average molecular weight is 382 g/mol. The number of aliphatic hydroxyl groups is 1. The van der Waals surface area contributed by atoms with Crippen LogP contribution in [0.25, 0.3) is 6.08 Å². The zero-order valence-corrected chi connectivity index (χ0v) is 17.1. The van der Waals surface area contributed by atoms with E-state index in [1.165, 1.54) is 11.1 Å². The van der Waals surface area contributed by atoms with Crippen molar-refractivity contribution in [3.05, 3.63) is 41.5 Å². The van der Waals surface area contributed by atoms with Gasteiger partial charge in [-0.25, -0.2) is 0 Å². The van der Waals surface area contributed by atoms with E-state index in [1.54, 1.807) is 0 Å². The first kappa shape index (κ1) is 22.0. The molecule has 2 nitrogen and oxygen atoms in total. The van der Waals surface area contributed by atoms with E-state index in [9.17, 15) is 5.11 Å². The van der Waals surface area contributed by atoms with E-state index in [1.807, 2.05) is 0 Å². The molecule has 1 aromatic carbocycles. The number of nitrogens with one attached hydrogen (secondary N) is 1. The maximum absolute atomic E-state index is 9.62. The van der Waals surface area contributed by atoms with Crippen LogP contribution >= 0.6 is 24.8 Å². The molecule has 126 valence electrons. The molecule has 0 fully saturated rings. The van der Waals surface area contributed by atoms with Crippen LogP contribution in [0, 0.1) is 0 Å². The van der Waals surface area contributed by atoms with E-state index in [2.05, 4.69) is 66.2 Å². The van der Waals surface area contributed by atoms with Gasteiger partial charge in [-0.3, -0.25) is 0 Å². The SMILES string of the molecule is Cl.Cl.[CH2]=[Ti]([CH3])([CH2]CO)([NH]C(C)(C)C)[CH]1C=Cc2ccccc21. The van der Waals surface area contributed by atoms with Gasteiger partial charge in [-0.2, -0.15) is 0 Å². The van der Waals surface area contributed by atoms with Gasteiger partial charge in [0.15, 0.2) is 0 Å². The molecule has 0 heterocycles. The van der Waals surface area contributed by atoms with Crippen molar-refractivity contribution in [2.24, 2.45) is 0 Å². The van der Waals surface area contributed by atoms with Gasteiger partial charge in [0.2, 0.25) is 0 Å². The number of allylic oxidation sites excluding steroid dienone is 1. The standard InChI is InChI=1S/C9H7.C4H10N.C2H5O.CH3.CH2.2ClH.Ti/c1-2-5-9-7-3-6-8(9)4-1;1-4(2,3)5;1-2-3;;;;;/h1-7H;5H,1-3H3;3H,1-2H2;1H3;1H2;2*1H;/q;-1;;;;;;+1. The molecule has 1 aliphatic rings. The molecular weight excluding hydrogens is 353 g/mol. The third-order valence-electron chi connectivity index (χ3n) is 4.26. The number of hydrogen-bond acceptors (Lipinski definition) is 2. The Morgan fingerprint density at radius 3 is 2.36 bits per heavy atom. The monoisotopic (exact) mass is 381 g/mol. The summed E-state index contributed by atoms with van der Waals surface area (Å²) < 4.78 is 4.99. The van der Waals surface area contributed by atoms with Gasteiger partial charge < -0.3 is 0 Å². The Hall–Kier alpha value is 0.0443. The van der Waals surface area contributed by atoms with E-state index >= 15 is 0 Å². The van der Waals surface area contributed by atoms with Gasteiger partial charge in [-0.1, -0.05) is 0 Å². The van der Waals surface area contributed by atoms with Gasteiger partial charge >= 0.3 is 123 Å². The summed E-state index contributed by atoms with van der Waals surface area (Å²) in [6, 6.07) is 8.55. The van der Waals surface area contributed by atoms with E-state index in [4.69, 9.17) is 4.82 Å².